The number of aromatic amines is 1. The molecule has 2 rings (SSSR count). The first-order chi connectivity index (χ1) is 11.3. The van der Waals surface area contributed by atoms with E-state index in [9.17, 15) is 14.4 Å². The molecule has 0 fully saturated rings. The number of rotatable bonds is 5. The molecule has 0 spiro atoms. The number of aromatic nitrogens is 1. The van der Waals surface area contributed by atoms with Crippen molar-refractivity contribution >= 4 is 17.7 Å². The van der Waals surface area contributed by atoms with Gasteiger partial charge in [0.15, 0.2) is 12.4 Å². The van der Waals surface area contributed by atoms with Gasteiger partial charge in [-0.1, -0.05) is 29.8 Å². The largest absolute Gasteiger partial charge is 0.465 e. The van der Waals surface area contributed by atoms with Gasteiger partial charge < -0.3 is 14.5 Å². The van der Waals surface area contributed by atoms with Crippen LogP contribution in [-0.4, -0.2) is 36.4 Å². The zero-order valence-corrected chi connectivity index (χ0v) is 14.1. The molecular weight excluding hydrogens is 310 g/mol. The minimum absolute atomic E-state index is 0.143. The van der Waals surface area contributed by atoms with Gasteiger partial charge in [0.05, 0.1) is 12.7 Å². The highest BCUT2D eigenvalue weighted by atomic mass is 16.5. The molecule has 6 nitrogen and oxygen atoms in total. The lowest BCUT2D eigenvalue weighted by Crippen LogP contribution is -2.15. The van der Waals surface area contributed by atoms with E-state index in [1.807, 2.05) is 19.1 Å². The van der Waals surface area contributed by atoms with Gasteiger partial charge in [-0.05, 0) is 26.3 Å². The number of esters is 2. The Morgan fingerprint density at radius 1 is 1.00 bits per heavy atom. The van der Waals surface area contributed by atoms with E-state index in [1.54, 1.807) is 26.0 Å². The van der Waals surface area contributed by atoms with Gasteiger partial charge in [-0.3, -0.25) is 4.79 Å². The average Bonchev–Trinajstić information content (AvgIpc) is 2.87. The van der Waals surface area contributed by atoms with Crippen molar-refractivity contribution in [2.75, 3.05) is 13.7 Å². The van der Waals surface area contributed by atoms with Crippen LogP contribution in [0.3, 0.4) is 0 Å². The fourth-order valence-corrected chi connectivity index (χ4v) is 2.39. The average molecular weight is 329 g/mol. The second kappa shape index (κ2) is 7.12. The van der Waals surface area contributed by atoms with E-state index in [0.717, 1.165) is 5.56 Å². The molecule has 0 atom stereocenters. The molecule has 0 amide bonds. The third-order valence-corrected chi connectivity index (χ3v) is 3.74. The molecule has 6 heteroatoms. The predicted octanol–water partition coefficient (Wildman–Crippen LogP) is 2.77. The van der Waals surface area contributed by atoms with Crippen molar-refractivity contribution in [2.45, 2.75) is 20.8 Å². The van der Waals surface area contributed by atoms with Gasteiger partial charge >= 0.3 is 11.9 Å². The minimum Gasteiger partial charge on any atom is -0.465 e. The number of carbonyl (C=O) groups excluding carboxylic acids is 3. The van der Waals surface area contributed by atoms with E-state index < -0.39 is 11.9 Å². The molecule has 24 heavy (non-hydrogen) atoms. The number of ether oxygens (including phenoxy) is 2. The fraction of sp³-hybridized carbons (Fsp3) is 0.278. The number of benzene rings is 1. The lowest BCUT2D eigenvalue weighted by molar-refractivity contribution is 0.0468. The van der Waals surface area contributed by atoms with Gasteiger partial charge in [0.2, 0.25) is 0 Å². The van der Waals surface area contributed by atoms with E-state index in [2.05, 4.69) is 4.98 Å². The first-order valence-corrected chi connectivity index (χ1v) is 7.39. The van der Waals surface area contributed by atoms with Crippen LogP contribution in [0.4, 0.5) is 0 Å². The van der Waals surface area contributed by atoms with E-state index >= 15 is 0 Å². The summed E-state index contributed by atoms with van der Waals surface area (Å²) in [6, 6.07) is 7.00. The summed E-state index contributed by atoms with van der Waals surface area (Å²) in [4.78, 5) is 38.7. The van der Waals surface area contributed by atoms with Crippen molar-refractivity contribution in [1.82, 2.24) is 4.98 Å². The maximum atomic E-state index is 12.2. The van der Waals surface area contributed by atoms with E-state index in [1.165, 1.54) is 7.11 Å². The lowest BCUT2D eigenvalue weighted by Gasteiger charge is -2.05. The number of aryl methyl sites for hydroxylation is 2. The standard InChI is InChI=1S/C18H19NO5/c1-10-5-7-13(8-6-10)14(20)9-24-18(22)16-11(2)15(12(3)19-16)17(21)23-4/h5-8,19H,9H2,1-4H3. The molecule has 0 saturated carbocycles. The summed E-state index contributed by atoms with van der Waals surface area (Å²) in [7, 11) is 1.27. The zero-order valence-electron chi connectivity index (χ0n) is 14.1. The van der Waals surface area contributed by atoms with Gasteiger partial charge in [0.25, 0.3) is 0 Å². The molecule has 0 unspecified atom stereocenters. The zero-order chi connectivity index (χ0) is 17.9. The maximum absolute atomic E-state index is 12.2. The first-order valence-electron chi connectivity index (χ1n) is 7.39. The number of hydrogen-bond acceptors (Lipinski definition) is 5. The maximum Gasteiger partial charge on any atom is 0.355 e. The van der Waals surface area contributed by atoms with Crippen molar-refractivity contribution in [2.24, 2.45) is 0 Å². The molecule has 126 valence electrons. The molecule has 1 N–H and O–H groups in total. The van der Waals surface area contributed by atoms with E-state index in [-0.39, 0.29) is 18.1 Å². The Balaban J connectivity index is 2.09. The van der Waals surface area contributed by atoms with Gasteiger partial charge in [0, 0.05) is 11.3 Å². The Morgan fingerprint density at radius 2 is 1.62 bits per heavy atom. The number of Topliss-reactive ketones (excluding diaryl/α,β-unsaturated/α-hetero) is 1. The van der Waals surface area contributed by atoms with Crippen LogP contribution in [0.25, 0.3) is 0 Å². The number of H-pyrrole nitrogens is 1. The first kappa shape index (κ1) is 17.5. The summed E-state index contributed by atoms with van der Waals surface area (Å²) < 4.78 is 9.76. The number of ketones is 1. The molecule has 0 aliphatic rings. The Hall–Kier alpha value is -2.89. The molecule has 1 aromatic carbocycles. The van der Waals surface area contributed by atoms with Crippen molar-refractivity contribution in [3.8, 4) is 0 Å². The van der Waals surface area contributed by atoms with Gasteiger partial charge in [-0.15, -0.1) is 0 Å². The SMILES string of the molecule is COC(=O)c1c(C)[nH]c(C(=O)OCC(=O)c2ccc(C)cc2)c1C. The highest BCUT2D eigenvalue weighted by molar-refractivity contribution is 6.01. The second-order valence-electron chi connectivity index (χ2n) is 5.48. The third kappa shape index (κ3) is 3.53. The van der Waals surface area contributed by atoms with Gasteiger partial charge in [-0.2, -0.15) is 0 Å². The molecule has 0 aliphatic heterocycles. The van der Waals surface area contributed by atoms with Crippen LogP contribution in [0.5, 0.6) is 0 Å². The Labute approximate surface area is 139 Å². The molecular formula is C18H19NO5. The predicted molar refractivity (Wildman–Crippen MR) is 87.4 cm³/mol. The molecule has 0 saturated heterocycles. The van der Waals surface area contributed by atoms with Crippen LogP contribution in [0.1, 0.15) is 48.0 Å². The normalized spacial score (nSPS) is 10.3. The highest BCUT2D eigenvalue weighted by Crippen LogP contribution is 2.19. The summed E-state index contributed by atoms with van der Waals surface area (Å²) in [5.41, 5.74) is 2.90. The topological polar surface area (TPSA) is 85.5 Å². The smallest absolute Gasteiger partial charge is 0.355 e. The summed E-state index contributed by atoms with van der Waals surface area (Å²) in [6.45, 7) is 4.83. The van der Waals surface area contributed by atoms with E-state index in [4.69, 9.17) is 9.47 Å². The van der Waals surface area contributed by atoms with Crippen LogP contribution < -0.4 is 0 Å². The Morgan fingerprint density at radius 3 is 2.21 bits per heavy atom. The molecule has 0 bridgehead atoms. The monoisotopic (exact) mass is 329 g/mol. The second-order valence-corrected chi connectivity index (χ2v) is 5.48. The quantitative estimate of drug-likeness (QED) is 0.673. The van der Waals surface area contributed by atoms with Crippen LogP contribution in [0, 0.1) is 20.8 Å². The van der Waals surface area contributed by atoms with Crippen molar-refractivity contribution in [3.05, 3.63) is 57.9 Å². The lowest BCUT2D eigenvalue weighted by atomic mass is 10.1. The van der Waals surface area contributed by atoms with Crippen molar-refractivity contribution in [3.63, 3.8) is 0 Å². The molecule has 1 aromatic heterocycles. The molecule has 0 aliphatic carbocycles. The molecule has 2 aromatic rings. The van der Waals surface area contributed by atoms with Gasteiger partial charge in [0.1, 0.15) is 5.69 Å². The number of hydrogen-bond donors (Lipinski definition) is 1. The third-order valence-electron chi connectivity index (χ3n) is 3.74. The van der Waals surface area contributed by atoms with Crippen LogP contribution >= 0.6 is 0 Å². The molecule has 0 radical (unpaired) electrons. The summed E-state index contributed by atoms with van der Waals surface area (Å²) in [6.07, 6.45) is 0. The number of nitrogens with one attached hydrogen (secondary N) is 1. The van der Waals surface area contributed by atoms with Crippen molar-refractivity contribution in [1.29, 1.82) is 0 Å². The van der Waals surface area contributed by atoms with Crippen molar-refractivity contribution < 1.29 is 23.9 Å². The summed E-state index contributed by atoms with van der Waals surface area (Å²) in [5.74, 6) is -1.51. The Bertz CT molecular complexity index is 786. The summed E-state index contributed by atoms with van der Waals surface area (Å²) in [5, 5.41) is 0. The van der Waals surface area contributed by atoms with Crippen LogP contribution in [0.2, 0.25) is 0 Å². The highest BCUT2D eigenvalue weighted by Gasteiger charge is 2.23. The van der Waals surface area contributed by atoms with Crippen LogP contribution in [-0.2, 0) is 9.47 Å². The van der Waals surface area contributed by atoms with Crippen LogP contribution in [0.15, 0.2) is 24.3 Å². The van der Waals surface area contributed by atoms with E-state index in [0.29, 0.717) is 22.4 Å². The number of methoxy groups -OCH3 is 1. The fourth-order valence-electron chi connectivity index (χ4n) is 2.39. The van der Waals surface area contributed by atoms with Gasteiger partial charge in [-0.25, -0.2) is 9.59 Å². The summed E-state index contributed by atoms with van der Waals surface area (Å²) >= 11 is 0. The Kier molecular flexibility index (Phi) is 5.18. The number of carbonyl (C=O) groups is 3. The minimum atomic E-state index is -0.689. The molecule has 1 heterocycles.